The van der Waals surface area contributed by atoms with Gasteiger partial charge in [0, 0.05) is 5.56 Å². The second-order valence-electron chi connectivity index (χ2n) is 7.91. The van der Waals surface area contributed by atoms with E-state index in [0.29, 0.717) is 11.7 Å². The fraction of sp³-hybridized carbons (Fsp3) is 0.103. The van der Waals surface area contributed by atoms with Gasteiger partial charge in [0.15, 0.2) is 6.04 Å². The van der Waals surface area contributed by atoms with Crippen LogP contribution in [0.15, 0.2) is 121 Å². The van der Waals surface area contributed by atoms with Crippen molar-refractivity contribution in [2.24, 2.45) is 0 Å². The highest BCUT2D eigenvalue weighted by atomic mass is 31.2. The molecule has 0 aromatic heterocycles. The predicted octanol–water partition coefficient (Wildman–Crippen LogP) is 3.95. The Morgan fingerprint density at radius 3 is 1.44 bits per heavy atom. The maximum Gasteiger partial charge on any atom is 0.332 e. The van der Waals surface area contributed by atoms with Crippen LogP contribution in [0.1, 0.15) is 10.4 Å². The molecule has 1 N–H and O–H groups in total. The summed E-state index contributed by atoms with van der Waals surface area (Å²) >= 11 is 0. The summed E-state index contributed by atoms with van der Waals surface area (Å²) < 4.78 is 5.17. The van der Waals surface area contributed by atoms with Crippen LogP contribution in [-0.4, -0.2) is 31.2 Å². The smallest absolute Gasteiger partial charge is 0.332 e. The van der Waals surface area contributed by atoms with Gasteiger partial charge in [-0.3, -0.25) is 4.79 Å². The Balaban J connectivity index is 1.86. The van der Waals surface area contributed by atoms with E-state index in [4.69, 9.17) is 4.74 Å². The SMILES string of the molecule is COC(=O)[C@@H](C[P+](c1ccccc1)(c1ccccc1)c1ccccc1)NC(=O)c1ccccc1. The first kappa shape index (κ1) is 23.4. The van der Waals surface area contributed by atoms with Gasteiger partial charge in [-0.15, -0.1) is 0 Å². The fourth-order valence-corrected chi connectivity index (χ4v) is 8.60. The Hall–Kier alpha value is -3.75. The topological polar surface area (TPSA) is 55.4 Å². The van der Waals surface area contributed by atoms with Crippen LogP contribution in [0.4, 0.5) is 0 Å². The molecule has 0 radical (unpaired) electrons. The van der Waals surface area contributed by atoms with E-state index >= 15 is 0 Å². The third-order valence-corrected chi connectivity index (χ3v) is 10.3. The van der Waals surface area contributed by atoms with Gasteiger partial charge in [0.25, 0.3) is 5.91 Å². The number of carbonyl (C=O) groups is 2. The van der Waals surface area contributed by atoms with Crippen LogP contribution < -0.4 is 21.2 Å². The van der Waals surface area contributed by atoms with E-state index in [0.717, 1.165) is 15.9 Å². The minimum Gasteiger partial charge on any atom is -0.467 e. The minimum atomic E-state index is -2.34. The average Bonchev–Trinajstić information content (AvgIpc) is 2.92. The second-order valence-corrected chi connectivity index (χ2v) is 11.4. The van der Waals surface area contributed by atoms with Crippen molar-refractivity contribution >= 4 is 35.1 Å². The lowest BCUT2D eigenvalue weighted by Gasteiger charge is -2.30. The highest BCUT2D eigenvalue weighted by Crippen LogP contribution is 2.55. The standard InChI is InChI=1S/C29H26NO3P/c1-33-29(32)27(30-28(31)23-14-6-2-7-15-23)22-34(24-16-8-3-9-17-24,25-18-10-4-11-19-25)26-20-12-5-13-21-26/h2-21,27H,22H2,1H3/p+1/t27-/m1/s1. The molecular weight excluding hydrogens is 441 g/mol. The summed E-state index contributed by atoms with van der Waals surface area (Å²) in [6.45, 7) is 0. The molecule has 0 aliphatic rings. The lowest BCUT2D eigenvalue weighted by molar-refractivity contribution is -0.142. The summed E-state index contributed by atoms with van der Waals surface area (Å²) in [6.07, 6.45) is 0.399. The summed E-state index contributed by atoms with van der Waals surface area (Å²) in [6, 6.07) is 38.9. The Morgan fingerprint density at radius 2 is 1.06 bits per heavy atom. The van der Waals surface area contributed by atoms with Crippen molar-refractivity contribution in [1.29, 1.82) is 0 Å². The van der Waals surface area contributed by atoms with Gasteiger partial charge in [0.2, 0.25) is 0 Å². The Morgan fingerprint density at radius 1 is 0.676 bits per heavy atom. The van der Waals surface area contributed by atoms with Crippen molar-refractivity contribution in [2.45, 2.75) is 6.04 Å². The highest BCUT2D eigenvalue weighted by Gasteiger charge is 2.49. The normalized spacial score (nSPS) is 11.9. The zero-order chi connectivity index (χ0) is 23.8. The Kier molecular flexibility index (Phi) is 7.51. The number of amides is 1. The molecule has 0 aliphatic carbocycles. The molecule has 4 aromatic carbocycles. The molecule has 34 heavy (non-hydrogen) atoms. The van der Waals surface area contributed by atoms with E-state index in [1.807, 2.05) is 60.7 Å². The lowest BCUT2D eigenvalue weighted by atomic mass is 10.2. The van der Waals surface area contributed by atoms with Crippen molar-refractivity contribution < 1.29 is 14.3 Å². The number of ether oxygens (including phenoxy) is 1. The van der Waals surface area contributed by atoms with E-state index in [1.165, 1.54) is 7.11 Å². The second kappa shape index (κ2) is 10.9. The minimum absolute atomic E-state index is 0.303. The summed E-state index contributed by atoms with van der Waals surface area (Å²) in [7, 11) is -0.981. The average molecular weight is 469 g/mol. The van der Waals surface area contributed by atoms with Crippen molar-refractivity contribution in [1.82, 2.24) is 5.32 Å². The number of methoxy groups -OCH3 is 1. The van der Waals surface area contributed by atoms with Crippen molar-refractivity contribution in [3.05, 3.63) is 127 Å². The van der Waals surface area contributed by atoms with Crippen LogP contribution in [0.25, 0.3) is 0 Å². The van der Waals surface area contributed by atoms with Gasteiger partial charge in [0.1, 0.15) is 29.3 Å². The monoisotopic (exact) mass is 468 g/mol. The molecule has 0 saturated heterocycles. The first-order valence-corrected chi connectivity index (χ1v) is 13.1. The summed E-state index contributed by atoms with van der Waals surface area (Å²) in [4.78, 5) is 26.1. The summed E-state index contributed by atoms with van der Waals surface area (Å²) in [5.41, 5.74) is 0.500. The van der Waals surface area contributed by atoms with Crippen LogP contribution in [0, 0.1) is 0 Å². The summed E-state index contributed by atoms with van der Waals surface area (Å²) in [5, 5.41) is 6.37. The molecule has 0 heterocycles. The van der Waals surface area contributed by atoms with Crippen molar-refractivity contribution in [3.8, 4) is 0 Å². The van der Waals surface area contributed by atoms with E-state index in [2.05, 4.69) is 41.7 Å². The van der Waals surface area contributed by atoms with E-state index in [9.17, 15) is 9.59 Å². The molecule has 0 unspecified atom stereocenters. The largest absolute Gasteiger partial charge is 0.467 e. The molecule has 0 saturated carbocycles. The molecule has 0 fully saturated rings. The van der Waals surface area contributed by atoms with Gasteiger partial charge in [0.05, 0.1) is 7.11 Å². The zero-order valence-corrected chi connectivity index (χ0v) is 19.9. The predicted molar refractivity (Wildman–Crippen MR) is 140 cm³/mol. The van der Waals surface area contributed by atoms with E-state index in [1.54, 1.807) is 24.3 Å². The van der Waals surface area contributed by atoms with E-state index < -0.39 is 19.3 Å². The van der Waals surface area contributed by atoms with Gasteiger partial charge < -0.3 is 10.1 Å². The molecular formula is C29H27NO3P+. The number of hydrogen-bond acceptors (Lipinski definition) is 3. The van der Waals surface area contributed by atoms with Crippen LogP contribution >= 0.6 is 7.26 Å². The van der Waals surface area contributed by atoms with Gasteiger partial charge in [-0.1, -0.05) is 72.8 Å². The zero-order valence-electron chi connectivity index (χ0n) is 19.0. The van der Waals surface area contributed by atoms with Gasteiger partial charge in [-0.2, -0.15) is 0 Å². The van der Waals surface area contributed by atoms with Crippen LogP contribution in [-0.2, 0) is 9.53 Å². The molecule has 0 bridgehead atoms. The van der Waals surface area contributed by atoms with Gasteiger partial charge in [-0.05, 0) is 48.5 Å². The highest BCUT2D eigenvalue weighted by molar-refractivity contribution is 7.95. The Bertz CT molecular complexity index is 1120. The quantitative estimate of drug-likeness (QED) is 0.315. The lowest BCUT2D eigenvalue weighted by Crippen LogP contribution is -2.48. The van der Waals surface area contributed by atoms with Crippen molar-refractivity contribution in [3.63, 3.8) is 0 Å². The molecule has 1 atom stereocenters. The molecule has 0 aliphatic heterocycles. The van der Waals surface area contributed by atoms with Crippen molar-refractivity contribution in [2.75, 3.05) is 13.3 Å². The third-order valence-electron chi connectivity index (χ3n) is 5.87. The maximum absolute atomic E-state index is 13.1. The van der Waals surface area contributed by atoms with Crippen LogP contribution in [0.5, 0.6) is 0 Å². The first-order valence-electron chi connectivity index (χ1n) is 11.1. The maximum atomic E-state index is 13.1. The molecule has 4 rings (SSSR count). The molecule has 170 valence electrons. The van der Waals surface area contributed by atoms with Gasteiger partial charge >= 0.3 is 5.97 Å². The third kappa shape index (κ3) is 4.93. The number of esters is 1. The molecule has 4 aromatic rings. The Labute approximate surface area is 200 Å². The first-order chi connectivity index (χ1) is 16.6. The molecule has 4 nitrogen and oxygen atoms in total. The van der Waals surface area contributed by atoms with Crippen LogP contribution in [0.2, 0.25) is 0 Å². The molecule has 5 heteroatoms. The number of rotatable bonds is 8. The fourth-order valence-electron chi connectivity index (χ4n) is 4.24. The number of hydrogen-bond donors (Lipinski definition) is 1. The number of carbonyl (C=O) groups excluding carboxylic acids is 2. The number of nitrogens with one attached hydrogen (secondary N) is 1. The number of benzene rings is 4. The molecule has 0 spiro atoms. The summed E-state index contributed by atoms with van der Waals surface area (Å²) in [5.74, 6) is -0.764. The van der Waals surface area contributed by atoms with Crippen LogP contribution in [0.3, 0.4) is 0 Å². The molecule has 1 amide bonds. The van der Waals surface area contributed by atoms with Gasteiger partial charge in [-0.25, -0.2) is 4.79 Å². The van der Waals surface area contributed by atoms with E-state index in [-0.39, 0.29) is 5.91 Å².